The number of hydrazone groups is 1. The summed E-state index contributed by atoms with van der Waals surface area (Å²) < 4.78 is 11.6. The van der Waals surface area contributed by atoms with Crippen LogP contribution >= 0.6 is 23.2 Å². The van der Waals surface area contributed by atoms with E-state index >= 15 is 0 Å². The molecular formula is C28H29Cl2N3O4. The Hall–Kier alpha value is -3.55. The molecular weight excluding hydrogens is 513 g/mol. The van der Waals surface area contributed by atoms with E-state index in [2.05, 4.69) is 29.7 Å². The van der Waals surface area contributed by atoms with Crippen LogP contribution in [0.4, 0.5) is 0 Å². The zero-order valence-electron chi connectivity index (χ0n) is 20.9. The number of halogens is 2. The molecule has 9 heteroatoms. The summed E-state index contributed by atoms with van der Waals surface area (Å²) in [4.78, 5) is 24.2. The number of hydrogen-bond acceptors (Lipinski definition) is 5. The summed E-state index contributed by atoms with van der Waals surface area (Å²) in [5.41, 5.74) is 5.79. The van der Waals surface area contributed by atoms with Crippen LogP contribution in [0.5, 0.6) is 11.5 Å². The lowest BCUT2D eigenvalue weighted by atomic mass is 10.0. The maximum Gasteiger partial charge on any atom is 0.329 e. The monoisotopic (exact) mass is 541 g/mol. The number of carbonyl (C=O) groups excluding carboxylic acids is 2. The Morgan fingerprint density at radius 1 is 0.946 bits per heavy atom. The molecule has 0 unspecified atom stereocenters. The Bertz CT molecular complexity index is 1240. The second kappa shape index (κ2) is 13.7. The maximum atomic E-state index is 12.1. The lowest BCUT2D eigenvalue weighted by Gasteiger charge is -2.14. The van der Waals surface area contributed by atoms with Crippen LogP contribution in [0.1, 0.15) is 48.9 Å². The van der Waals surface area contributed by atoms with Gasteiger partial charge in [-0.15, -0.1) is 0 Å². The molecule has 0 saturated carbocycles. The van der Waals surface area contributed by atoms with Crippen LogP contribution in [-0.2, 0) is 22.7 Å². The van der Waals surface area contributed by atoms with Crippen molar-refractivity contribution in [3.8, 4) is 11.5 Å². The van der Waals surface area contributed by atoms with E-state index in [1.807, 2.05) is 43.3 Å². The summed E-state index contributed by atoms with van der Waals surface area (Å²) in [6.45, 7) is 6.97. The Morgan fingerprint density at radius 2 is 1.62 bits per heavy atom. The number of rotatable bonds is 10. The molecule has 2 N–H and O–H groups in total. The highest BCUT2D eigenvalue weighted by molar-refractivity contribution is 6.35. The first-order valence-corrected chi connectivity index (χ1v) is 12.6. The molecule has 3 rings (SSSR count). The zero-order valence-corrected chi connectivity index (χ0v) is 22.4. The molecule has 0 spiro atoms. The van der Waals surface area contributed by atoms with Gasteiger partial charge < -0.3 is 14.8 Å². The second-order valence-electron chi connectivity index (χ2n) is 8.46. The number of amides is 2. The van der Waals surface area contributed by atoms with Gasteiger partial charge in [-0.2, -0.15) is 5.10 Å². The molecule has 0 fully saturated rings. The fourth-order valence-corrected chi connectivity index (χ4v) is 3.70. The number of ether oxygens (including phenoxy) is 2. The largest absolute Gasteiger partial charge is 0.490 e. The average molecular weight is 542 g/mol. The minimum absolute atomic E-state index is 0.235. The Morgan fingerprint density at radius 3 is 2.27 bits per heavy atom. The van der Waals surface area contributed by atoms with Crippen molar-refractivity contribution in [2.24, 2.45) is 5.10 Å². The fourth-order valence-electron chi connectivity index (χ4n) is 3.30. The van der Waals surface area contributed by atoms with Crippen LogP contribution in [-0.4, -0.2) is 24.6 Å². The Balaban J connectivity index is 1.57. The predicted molar refractivity (Wildman–Crippen MR) is 147 cm³/mol. The van der Waals surface area contributed by atoms with Crippen molar-refractivity contribution in [2.45, 2.75) is 39.8 Å². The van der Waals surface area contributed by atoms with Crippen molar-refractivity contribution >= 4 is 41.2 Å². The molecule has 0 aliphatic rings. The van der Waals surface area contributed by atoms with Gasteiger partial charge in [-0.05, 0) is 59.4 Å². The summed E-state index contributed by atoms with van der Waals surface area (Å²) >= 11 is 12.4. The zero-order chi connectivity index (χ0) is 26.8. The summed E-state index contributed by atoms with van der Waals surface area (Å²) in [5, 5.41) is 7.40. The van der Waals surface area contributed by atoms with Gasteiger partial charge in [0.25, 0.3) is 0 Å². The minimum atomic E-state index is -0.880. The van der Waals surface area contributed by atoms with Gasteiger partial charge in [0, 0.05) is 11.6 Å². The number of nitrogens with zero attached hydrogens (tertiary/aromatic N) is 1. The molecule has 0 aromatic heterocycles. The molecule has 7 nitrogen and oxygen atoms in total. The molecule has 3 aromatic rings. The van der Waals surface area contributed by atoms with Crippen LogP contribution < -0.4 is 20.2 Å². The Kier molecular flexibility index (Phi) is 10.4. The summed E-state index contributed by atoms with van der Waals surface area (Å²) in [5.74, 6) is -0.429. The SMILES string of the molecule is CCOc1cc(/C=N\NC(=O)C(=O)NCc2ccc(C(C)C)cc2)cc(Cl)c1OCc1ccc(Cl)cc1. The molecule has 3 aromatic carbocycles. The first-order valence-electron chi connectivity index (χ1n) is 11.8. The van der Waals surface area contributed by atoms with Crippen LogP contribution in [0.15, 0.2) is 65.8 Å². The molecule has 0 bridgehead atoms. The standard InChI is InChI=1S/C28H29Cl2N3O4/c1-4-36-25-14-21(13-24(30)26(25)37-17-20-7-11-23(29)12-8-20)16-32-33-28(35)27(34)31-15-19-5-9-22(10-6-19)18(2)3/h5-14,16,18H,4,15,17H2,1-3H3,(H,31,34)(H,33,35)/b32-16-. The van der Waals surface area contributed by atoms with Crippen molar-refractivity contribution in [1.29, 1.82) is 0 Å². The summed E-state index contributed by atoms with van der Waals surface area (Å²) in [6.07, 6.45) is 1.37. The maximum absolute atomic E-state index is 12.1. The number of hydrogen-bond donors (Lipinski definition) is 2. The smallest absolute Gasteiger partial charge is 0.329 e. The van der Waals surface area contributed by atoms with E-state index in [1.165, 1.54) is 11.8 Å². The van der Waals surface area contributed by atoms with Crippen molar-refractivity contribution in [1.82, 2.24) is 10.7 Å². The predicted octanol–water partition coefficient (Wildman–Crippen LogP) is 5.86. The molecule has 194 valence electrons. The summed E-state index contributed by atoms with van der Waals surface area (Å²) in [7, 11) is 0. The lowest BCUT2D eigenvalue weighted by molar-refractivity contribution is -0.139. The van der Waals surface area contributed by atoms with Gasteiger partial charge in [-0.3, -0.25) is 9.59 Å². The molecule has 0 aliphatic heterocycles. The summed E-state index contributed by atoms with van der Waals surface area (Å²) in [6, 6.07) is 18.5. The van der Waals surface area contributed by atoms with E-state index in [9.17, 15) is 9.59 Å². The molecule has 0 atom stereocenters. The van der Waals surface area contributed by atoms with E-state index in [4.69, 9.17) is 32.7 Å². The molecule has 0 saturated heterocycles. The quantitative estimate of drug-likeness (QED) is 0.191. The number of nitrogens with one attached hydrogen (secondary N) is 2. The number of benzene rings is 3. The molecule has 0 heterocycles. The van der Waals surface area contributed by atoms with Crippen molar-refractivity contribution in [2.75, 3.05) is 6.61 Å². The Labute approximate surface area is 226 Å². The van der Waals surface area contributed by atoms with Crippen molar-refractivity contribution in [3.63, 3.8) is 0 Å². The highest BCUT2D eigenvalue weighted by Crippen LogP contribution is 2.37. The van der Waals surface area contributed by atoms with E-state index < -0.39 is 11.8 Å². The van der Waals surface area contributed by atoms with Gasteiger partial charge in [-0.1, -0.05) is 73.4 Å². The van der Waals surface area contributed by atoms with Gasteiger partial charge >= 0.3 is 11.8 Å². The van der Waals surface area contributed by atoms with Crippen LogP contribution in [0.25, 0.3) is 0 Å². The van der Waals surface area contributed by atoms with Crippen LogP contribution in [0, 0.1) is 0 Å². The first-order chi connectivity index (χ1) is 17.8. The highest BCUT2D eigenvalue weighted by atomic mass is 35.5. The molecule has 37 heavy (non-hydrogen) atoms. The topological polar surface area (TPSA) is 89.0 Å². The van der Waals surface area contributed by atoms with Gasteiger partial charge in [0.1, 0.15) is 6.61 Å². The van der Waals surface area contributed by atoms with Gasteiger partial charge in [-0.25, -0.2) is 5.43 Å². The third kappa shape index (κ3) is 8.51. The van der Waals surface area contributed by atoms with E-state index in [-0.39, 0.29) is 13.2 Å². The minimum Gasteiger partial charge on any atom is -0.490 e. The molecule has 0 radical (unpaired) electrons. The van der Waals surface area contributed by atoms with Crippen LogP contribution in [0.2, 0.25) is 10.0 Å². The first kappa shape index (κ1) is 28.0. The average Bonchev–Trinajstić information content (AvgIpc) is 2.88. The van der Waals surface area contributed by atoms with Crippen molar-refractivity contribution in [3.05, 3.63) is 93.0 Å². The van der Waals surface area contributed by atoms with E-state index in [0.29, 0.717) is 39.6 Å². The second-order valence-corrected chi connectivity index (χ2v) is 9.30. The molecule has 2 amide bonds. The van der Waals surface area contributed by atoms with Gasteiger partial charge in [0.15, 0.2) is 11.5 Å². The third-order valence-corrected chi connectivity index (χ3v) is 5.85. The fraction of sp³-hybridized carbons (Fsp3) is 0.250. The number of carbonyl (C=O) groups is 2. The highest BCUT2D eigenvalue weighted by Gasteiger charge is 2.14. The third-order valence-electron chi connectivity index (χ3n) is 5.31. The van der Waals surface area contributed by atoms with Crippen molar-refractivity contribution < 1.29 is 19.1 Å². The van der Waals surface area contributed by atoms with Gasteiger partial charge in [0.05, 0.1) is 17.8 Å². The van der Waals surface area contributed by atoms with E-state index in [0.717, 1.165) is 11.1 Å². The van der Waals surface area contributed by atoms with Gasteiger partial charge in [0.2, 0.25) is 0 Å². The van der Waals surface area contributed by atoms with E-state index in [1.54, 1.807) is 24.3 Å². The molecule has 0 aliphatic carbocycles. The lowest BCUT2D eigenvalue weighted by Crippen LogP contribution is -2.37. The normalized spacial score (nSPS) is 11.0. The van der Waals surface area contributed by atoms with Crippen LogP contribution in [0.3, 0.4) is 0 Å².